The van der Waals surface area contributed by atoms with Gasteiger partial charge in [-0.3, -0.25) is 0 Å². The Morgan fingerprint density at radius 1 is 1.35 bits per heavy atom. The van der Waals surface area contributed by atoms with Crippen molar-refractivity contribution < 1.29 is 0 Å². The minimum absolute atomic E-state index is 0.342. The summed E-state index contributed by atoms with van der Waals surface area (Å²) in [7, 11) is 0. The summed E-state index contributed by atoms with van der Waals surface area (Å²) in [6, 6.07) is 8.23. The Labute approximate surface area is 105 Å². The molecule has 17 heavy (non-hydrogen) atoms. The molecule has 2 aromatic rings. The van der Waals surface area contributed by atoms with Crippen LogP contribution in [-0.4, -0.2) is 26.7 Å². The van der Waals surface area contributed by atoms with Crippen molar-refractivity contribution in [2.24, 2.45) is 0 Å². The van der Waals surface area contributed by atoms with Crippen LogP contribution in [0.15, 0.2) is 24.3 Å². The molecule has 1 atom stereocenters. The number of tetrazole rings is 1. The second-order valence-electron chi connectivity index (χ2n) is 3.94. The third-order valence-corrected chi connectivity index (χ3v) is 2.70. The summed E-state index contributed by atoms with van der Waals surface area (Å²) in [4.78, 5) is 0. The van der Waals surface area contributed by atoms with E-state index in [2.05, 4.69) is 32.9 Å². The normalized spacial score (nSPS) is 12.6. The molecule has 2 N–H and O–H groups in total. The summed E-state index contributed by atoms with van der Waals surface area (Å²) < 4.78 is 0. The van der Waals surface area contributed by atoms with E-state index in [1.807, 2.05) is 24.3 Å². The van der Waals surface area contributed by atoms with Crippen molar-refractivity contribution in [3.8, 4) is 0 Å². The van der Waals surface area contributed by atoms with Crippen LogP contribution in [0.5, 0.6) is 0 Å². The predicted molar refractivity (Wildman–Crippen MR) is 65.6 cm³/mol. The molecule has 0 saturated heterocycles. The zero-order valence-electron chi connectivity index (χ0n) is 9.52. The highest BCUT2D eigenvalue weighted by molar-refractivity contribution is 6.30. The Morgan fingerprint density at radius 2 is 2.12 bits per heavy atom. The summed E-state index contributed by atoms with van der Waals surface area (Å²) in [5.74, 6) is 0.674. The molecule has 0 radical (unpaired) electrons. The van der Waals surface area contributed by atoms with Gasteiger partial charge in [-0.2, -0.15) is 5.21 Å². The molecule has 0 amide bonds. The number of hydrogen-bond acceptors (Lipinski definition) is 4. The van der Waals surface area contributed by atoms with Gasteiger partial charge >= 0.3 is 0 Å². The fourth-order valence-electron chi connectivity index (χ4n) is 1.57. The zero-order chi connectivity index (χ0) is 12.1. The van der Waals surface area contributed by atoms with Gasteiger partial charge in [-0.15, -0.1) is 10.2 Å². The average Bonchev–Trinajstić information content (AvgIpc) is 2.83. The van der Waals surface area contributed by atoms with E-state index >= 15 is 0 Å². The molecule has 0 aliphatic heterocycles. The van der Waals surface area contributed by atoms with Crippen LogP contribution in [0, 0.1) is 0 Å². The van der Waals surface area contributed by atoms with Crippen molar-refractivity contribution in [1.82, 2.24) is 25.9 Å². The van der Waals surface area contributed by atoms with Crippen LogP contribution in [0.3, 0.4) is 0 Å². The maximum absolute atomic E-state index is 5.83. The lowest BCUT2D eigenvalue weighted by atomic mass is 10.1. The highest BCUT2D eigenvalue weighted by Gasteiger charge is 2.05. The number of halogens is 1. The van der Waals surface area contributed by atoms with E-state index in [-0.39, 0.29) is 0 Å². The lowest BCUT2D eigenvalue weighted by Crippen LogP contribution is -2.28. The van der Waals surface area contributed by atoms with Crippen molar-refractivity contribution in [3.05, 3.63) is 40.7 Å². The predicted octanol–water partition coefficient (Wildman–Crippen LogP) is 1.57. The molecule has 0 spiro atoms. The highest BCUT2D eigenvalue weighted by Crippen LogP contribution is 2.11. The second kappa shape index (κ2) is 5.75. The van der Waals surface area contributed by atoms with Gasteiger partial charge in [0.1, 0.15) is 0 Å². The maximum Gasteiger partial charge on any atom is 0.188 e. The Kier molecular flexibility index (Phi) is 4.06. The van der Waals surface area contributed by atoms with E-state index in [4.69, 9.17) is 11.6 Å². The molecular formula is C11H14ClN5. The molecule has 0 fully saturated rings. The van der Waals surface area contributed by atoms with Crippen LogP contribution in [0.25, 0.3) is 0 Å². The molecule has 0 saturated carbocycles. The molecule has 0 bridgehead atoms. The lowest BCUT2D eigenvalue weighted by Gasteiger charge is -2.12. The fraction of sp³-hybridized carbons (Fsp3) is 0.364. The van der Waals surface area contributed by atoms with E-state index in [0.717, 1.165) is 11.4 Å². The van der Waals surface area contributed by atoms with Gasteiger partial charge in [0.2, 0.25) is 0 Å². The van der Waals surface area contributed by atoms with Gasteiger partial charge in [-0.05, 0) is 31.0 Å². The Hall–Kier alpha value is -1.46. The van der Waals surface area contributed by atoms with E-state index in [1.165, 1.54) is 5.56 Å². The first-order valence-corrected chi connectivity index (χ1v) is 5.82. The van der Waals surface area contributed by atoms with E-state index in [1.54, 1.807) is 0 Å². The number of H-pyrrole nitrogens is 1. The van der Waals surface area contributed by atoms with Crippen molar-refractivity contribution in [1.29, 1.82) is 0 Å². The molecule has 2 rings (SSSR count). The number of benzene rings is 1. The minimum Gasteiger partial charge on any atom is -0.307 e. The minimum atomic E-state index is 0.342. The summed E-state index contributed by atoms with van der Waals surface area (Å²) >= 11 is 5.83. The summed E-state index contributed by atoms with van der Waals surface area (Å²) in [6.45, 7) is 2.74. The Balaban J connectivity index is 1.80. The number of aromatic amines is 1. The van der Waals surface area contributed by atoms with Crippen LogP contribution in [-0.2, 0) is 13.0 Å². The van der Waals surface area contributed by atoms with Crippen LogP contribution in [0.4, 0.5) is 0 Å². The number of nitrogens with one attached hydrogen (secondary N) is 2. The number of aromatic nitrogens is 4. The Bertz CT molecular complexity index is 439. The summed E-state index contributed by atoms with van der Waals surface area (Å²) in [5.41, 5.74) is 1.25. The molecule has 0 aliphatic carbocycles. The summed E-state index contributed by atoms with van der Waals surface area (Å²) in [6.07, 6.45) is 0.940. The first kappa shape index (κ1) is 12.0. The van der Waals surface area contributed by atoms with Crippen LogP contribution in [0.1, 0.15) is 18.3 Å². The largest absolute Gasteiger partial charge is 0.307 e. The van der Waals surface area contributed by atoms with Crippen molar-refractivity contribution >= 4 is 11.6 Å². The van der Waals surface area contributed by atoms with Crippen LogP contribution < -0.4 is 5.32 Å². The number of nitrogens with zero attached hydrogens (tertiary/aromatic N) is 3. The van der Waals surface area contributed by atoms with E-state index < -0.39 is 0 Å². The third kappa shape index (κ3) is 3.80. The first-order chi connectivity index (χ1) is 8.24. The molecule has 6 heteroatoms. The molecule has 1 aromatic carbocycles. The molecule has 5 nitrogen and oxygen atoms in total. The molecule has 1 unspecified atom stereocenters. The number of rotatable bonds is 5. The van der Waals surface area contributed by atoms with Gasteiger partial charge in [-0.25, -0.2) is 0 Å². The smallest absolute Gasteiger partial charge is 0.188 e. The topological polar surface area (TPSA) is 66.5 Å². The third-order valence-electron chi connectivity index (χ3n) is 2.45. The molecule has 1 aromatic heterocycles. The van der Waals surface area contributed by atoms with Crippen molar-refractivity contribution in [2.75, 3.05) is 0 Å². The average molecular weight is 252 g/mol. The van der Waals surface area contributed by atoms with Crippen LogP contribution >= 0.6 is 11.6 Å². The summed E-state index contributed by atoms with van der Waals surface area (Å²) in [5, 5.41) is 17.8. The van der Waals surface area contributed by atoms with E-state index in [0.29, 0.717) is 18.4 Å². The Morgan fingerprint density at radius 3 is 2.76 bits per heavy atom. The van der Waals surface area contributed by atoms with Crippen LogP contribution in [0.2, 0.25) is 5.02 Å². The van der Waals surface area contributed by atoms with Gasteiger partial charge in [0.05, 0.1) is 6.54 Å². The van der Waals surface area contributed by atoms with Crippen molar-refractivity contribution in [2.45, 2.75) is 25.9 Å². The quantitative estimate of drug-likeness (QED) is 0.847. The van der Waals surface area contributed by atoms with E-state index in [9.17, 15) is 0 Å². The lowest BCUT2D eigenvalue weighted by molar-refractivity contribution is 0.533. The monoisotopic (exact) mass is 251 g/mol. The standard InChI is InChI=1S/C11H14ClN5/c1-8(13-7-11-14-16-17-15-11)6-9-2-4-10(12)5-3-9/h2-5,8,13H,6-7H2,1H3,(H,14,15,16,17). The first-order valence-electron chi connectivity index (χ1n) is 5.44. The highest BCUT2D eigenvalue weighted by atomic mass is 35.5. The van der Waals surface area contributed by atoms with Gasteiger partial charge < -0.3 is 5.32 Å². The van der Waals surface area contributed by atoms with Gasteiger partial charge in [0.15, 0.2) is 5.82 Å². The fourth-order valence-corrected chi connectivity index (χ4v) is 1.70. The van der Waals surface area contributed by atoms with Crippen molar-refractivity contribution in [3.63, 3.8) is 0 Å². The number of hydrogen-bond donors (Lipinski definition) is 2. The van der Waals surface area contributed by atoms with Gasteiger partial charge in [0.25, 0.3) is 0 Å². The molecule has 90 valence electrons. The van der Waals surface area contributed by atoms with Gasteiger partial charge in [-0.1, -0.05) is 28.9 Å². The van der Waals surface area contributed by atoms with Gasteiger partial charge in [0, 0.05) is 11.1 Å². The molecular weight excluding hydrogens is 238 g/mol. The maximum atomic E-state index is 5.83. The SMILES string of the molecule is CC(Cc1ccc(Cl)cc1)NCc1nn[nH]n1. The molecule has 0 aliphatic rings. The molecule has 1 heterocycles. The zero-order valence-corrected chi connectivity index (χ0v) is 10.3. The second-order valence-corrected chi connectivity index (χ2v) is 4.38.